The smallest absolute Gasteiger partial charge is 0.231 e. The van der Waals surface area contributed by atoms with Crippen LogP contribution in [-0.4, -0.2) is 28.0 Å². The summed E-state index contributed by atoms with van der Waals surface area (Å²) in [5.41, 5.74) is 0. The third-order valence-electron chi connectivity index (χ3n) is 3.64. The quantitative estimate of drug-likeness (QED) is 0.853. The highest BCUT2D eigenvalue weighted by atomic mass is 16.2. The summed E-state index contributed by atoms with van der Waals surface area (Å²) in [6.45, 7) is 8.22. The molecule has 2 rings (SSSR count). The molecule has 1 aromatic heterocycles. The lowest BCUT2D eigenvalue weighted by atomic mass is 9.98. The molecule has 5 nitrogen and oxygen atoms in total. The zero-order valence-corrected chi connectivity index (χ0v) is 12.0. The lowest BCUT2D eigenvalue weighted by molar-refractivity contribution is -0.120. The minimum Gasteiger partial charge on any atom is -0.317 e. The molecule has 0 radical (unpaired) electrons. The van der Waals surface area contributed by atoms with Crippen molar-refractivity contribution in [3.63, 3.8) is 0 Å². The predicted octanol–water partition coefficient (Wildman–Crippen LogP) is 1.87. The largest absolute Gasteiger partial charge is 0.317 e. The number of carbonyl (C=O) groups excluding carboxylic acids is 1. The van der Waals surface area contributed by atoms with Crippen LogP contribution >= 0.6 is 0 Å². The van der Waals surface area contributed by atoms with E-state index in [0.717, 1.165) is 25.9 Å². The topological polar surface area (TPSA) is 59.0 Å². The molecule has 0 saturated carbocycles. The summed E-state index contributed by atoms with van der Waals surface area (Å²) >= 11 is 0. The highest BCUT2D eigenvalue weighted by Crippen LogP contribution is 2.20. The standard InChI is InChI=1S/C14H24N4O/c1-4-12-11(5-6-15-12)13(19)17-14-16-7-8-18(14)9-10(2)3/h7-8,10-12,15H,4-6,9H2,1-3H3,(H,16,17,19). The maximum atomic E-state index is 12.3. The van der Waals surface area contributed by atoms with E-state index in [9.17, 15) is 4.79 Å². The molecule has 1 fully saturated rings. The highest BCUT2D eigenvalue weighted by molar-refractivity contribution is 5.91. The fraction of sp³-hybridized carbons (Fsp3) is 0.714. The molecule has 2 unspecified atom stereocenters. The van der Waals surface area contributed by atoms with Crippen LogP contribution in [0.25, 0.3) is 0 Å². The van der Waals surface area contributed by atoms with Crippen molar-refractivity contribution < 1.29 is 4.79 Å². The molecule has 2 N–H and O–H groups in total. The van der Waals surface area contributed by atoms with Crippen LogP contribution in [-0.2, 0) is 11.3 Å². The maximum absolute atomic E-state index is 12.3. The van der Waals surface area contributed by atoms with Crippen molar-refractivity contribution in [3.05, 3.63) is 12.4 Å². The number of amides is 1. The van der Waals surface area contributed by atoms with Crippen molar-refractivity contribution in [2.75, 3.05) is 11.9 Å². The van der Waals surface area contributed by atoms with Gasteiger partial charge in [-0.25, -0.2) is 4.98 Å². The summed E-state index contributed by atoms with van der Waals surface area (Å²) in [6, 6.07) is 0.300. The average Bonchev–Trinajstić information content (AvgIpc) is 2.97. The third-order valence-corrected chi connectivity index (χ3v) is 3.64. The number of hydrogen-bond acceptors (Lipinski definition) is 3. The Bertz CT molecular complexity index is 427. The van der Waals surface area contributed by atoms with Crippen molar-refractivity contribution in [3.8, 4) is 0 Å². The van der Waals surface area contributed by atoms with E-state index >= 15 is 0 Å². The van der Waals surface area contributed by atoms with Gasteiger partial charge < -0.3 is 9.88 Å². The van der Waals surface area contributed by atoms with Crippen LogP contribution in [0.1, 0.15) is 33.6 Å². The average molecular weight is 264 g/mol. The first-order valence-corrected chi connectivity index (χ1v) is 7.17. The van der Waals surface area contributed by atoms with E-state index in [0.29, 0.717) is 17.9 Å². The highest BCUT2D eigenvalue weighted by Gasteiger charge is 2.31. The fourth-order valence-electron chi connectivity index (χ4n) is 2.69. The molecular weight excluding hydrogens is 240 g/mol. The molecular formula is C14H24N4O. The second-order valence-electron chi connectivity index (χ2n) is 5.65. The molecule has 0 aliphatic carbocycles. The van der Waals surface area contributed by atoms with Crippen molar-refractivity contribution in [1.29, 1.82) is 0 Å². The van der Waals surface area contributed by atoms with Gasteiger partial charge in [-0.15, -0.1) is 0 Å². The van der Waals surface area contributed by atoms with Gasteiger partial charge in [0.1, 0.15) is 0 Å². The number of nitrogens with zero attached hydrogens (tertiary/aromatic N) is 2. The van der Waals surface area contributed by atoms with Gasteiger partial charge in [-0.1, -0.05) is 20.8 Å². The molecule has 0 bridgehead atoms. The van der Waals surface area contributed by atoms with E-state index < -0.39 is 0 Å². The van der Waals surface area contributed by atoms with E-state index in [1.165, 1.54) is 0 Å². The zero-order chi connectivity index (χ0) is 13.8. The first-order valence-electron chi connectivity index (χ1n) is 7.17. The van der Waals surface area contributed by atoms with Gasteiger partial charge in [0.05, 0.1) is 5.92 Å². The molecule has 0 spiro atoms. The van der Waals surface area contributed by atoms with E-state index in [1.807, 2.05) is 10.8 Å². The number of imidazole rings is 1. The molecule has 1 amide bonds. The van der Waals surface area contributed by atoms with Gasteiger partial charge >= 0.3 is 0 Å². The SMILES string of the molecule is CCC1NCCC1C(=O)Nc1nccn1CC(C)C. The number of anilines is 1. The lowest BCUT2D eigenvalue weighted by Gasteiger charge is -2.18. The minimum absolute atomic E-state index is 0.0641. The number of nitrogens with one attached hydrogen (secondary N) is 2. The van der Waals surface area contributed by atoms with Crippen LogP contribution in [0, 0.1) is 11.8 Å². The molecule has 5 heteroatoms. The van der Waals surface area contributed by atoms with Gasteiger partial charge in [0.2, 0.25) is 11.9 Å². The third kappa shape index (κ3) is 3.35. The predicted molar refractivity (Wildman–Crippen MR) is 75.9 cm³/mol. The summed E-state index contributed by atoms with van der Waals surface area (Å²) in [5.74, 6) is 1.35. The van der Waals surface area contributed by atoms with Gasteiger partial charge in [-0.3, -0.25) is 10.1 Å². The van der Waals surface area contributed by atoms with Gasteiger partial charge in [-0.2, -0.15) is 0 Å². The van der Waals surface area contributed by atoms with E-state index in [-0.39, 0.29) is 11.8 Å². The van der Waals surface area contributed by atoms with Gasteiger partial charge in [0.25, 0.3) is 0 Å². The normalized spacial score (nSPS) is 22.9. The Kier molecular flexibility index (Phi) is 4.58. The number of hydrogen-bond donors (Lipinski definition) is 2. The van der Waals surface area contributed by atoms with E-state index in [1.54, 1.807) is 6.20 Å². The summed E-state index contributed by atoms with van der Waals surface area (Å²) < 4.78 is 2.01. The van der Waals surface area contributed by atoms with Crippen molar-refractivity contribution >= 4 is 11.9 Å². The van der Waals surface area contributed by atoms with Crippen molar-refractivity contribution in [2.45, 2.75) is 46.2 Å². The Labute approximate surface area is 114 Å². The summed E-state index contributed by atoms with van der Waals surface area (Å²) in [6.07, 6.45) is 5.55. The second kappa shape index (κ2) is 6.19. The Morgan fingerprint density at radius 3 is 3.11 bits per heavy atom. The zero-order valence-electron chi connectivity index (χ0n) is 12.0. The Hall–Kier alpha value is -1.36. The molecule has 1 aliphatic heterocycles. The van der Waals surface area contributed by atoms with E-state index in [4.69, 9.17) is 0 Å². The van der Waals surface area contributed by atoms with Crippen molar-refractivity contribution in [1.82, 2.24) is 14.9 Å². The monoisotopic (exact) mass is 264 g/mol. The van der Waals surface area contributed by atoms with Crippen LogP contribution in [0.3, 0.4) is 0 Å². The second-order valence-corrected chi connectivity index (χ2v) is 5.65. The fourth-order valence-corrected chi connectivity index (χ4v) is 2.69. The van der Waals surface area contributed by atoms with Gasteiger partial charge in [0.15, 0.2) is 0 Å². The first kappa shape index (κ1) is 14.1. The minimum atomic E-state index is 0.0641. The van der Waals surface area contributed by atoms with Gasteiger partial charge in [-0.05, 0) is 25.3 Å². The van der Waals surface area contributed by atoms with Crippen LogP contribution in [0.5, 0.6) is 0 Å². The number of carbonyl (C=O) groups is 1. The number of aromatic nitrogens is 2. The van der Waals surface area contributed by atoms with Crippen LogP contribution in [0.2, 0.25) is 0 Å². The van der Waals surface area contributed by atoms with E-state index in [2.05, 4.69) is 36.4 Å². The first-order chi connectivity index (χ1) is 9.11. The molecule has 1 aliphatic rings. The Morgan fingerprint density at radius 2 is 2.42 bits per heavy atom. The molecule has 19 heavy (non-hydrogen) atoms. The molecule has 2 atom stereocenters. The lowest BCUT2D eigenvalue weighted by Crippen LogP contribution is -2.34. The summed E-state index contributed by atoms with van der Waals surface area (Å²) in [5, 5.41) is 6.35. The molecule has 1 saturated heterocycles. The van der Waals surface area contributed by atoms with Crippen LogP contribution < -0.4 is 10.6 Å². The Balaban J connectivity index is 2.00. The van der Waals surface area contributed by atoms with Gasteiger partial charge in [0, 0.05) is 25.0 Å². The molecule has 0 aromatic carbocycles. The van der Waals surface area contributed by atoms with Crippen molar-refractivity contribution in [2.24, 2.45) is 11.8 Å². The Morgan fingerprint density at radius 1 is 1.63 bits per heavy atom. The molecule has 2 heterocycles. The molecule has 1 aromatic rings. The van der Waals surface area contributed by atoms with Crippen LogP contribution in [0.15, 0.2) is 12.4 Å². The summed E-state index contributed by atoms with van der Waals surface area (Å²) in [4.78, 5) is 16.6. The van der Waals surface area contributed by atoms with Crippen LogP contribution in [0.4, 0.5) is 5.95 Å². The number of rotatable bonds is 5. The summed E-state index contributed by atoms with van der Waals surface area (Å²) in [7, 11) is 0. The maximum Gasteiger partial charge on any atom is 0.231 e. The molecule has 106 valence electrons.